The molecule has 0 N–H and O–H groups in total. The zero-order valence-corrected chi connectivity index (χ0v) is 22.2. The van der Waals surface area contributed by atoms with Crippen LogP contribution in [0.4, 0.5) is 17.6 Å². The third kappa shape index (κ3) is 7.05. The van der Waals surface area contributed by atoms with Crippen molar-refractivity contribution in [3.05, 3.63) is 71.4 Å². The maximum atomic E-state index is 14.5. The van der Waals surface area contributed by atoms with Gasteiger partial charge in [-0.3, -0.25) is 9.07 Å². The molecule has 0 aliphatic carbocycles. The van der Waals surface area contributed by atoms with Crippen LogP contribution in [0.5, 0.6) is 0 Å². The van der Waals surface area contributed by atoms with Crippen LogP contribution in [0, 0.1) is 0 Å². The lowest BCUT2D eigenvalue weighted by Crippen LogP contribution is -2.19. The predicted octanol–water partition coefficient (Wildman–Crippen LogP) is 7.57. The maximum absolute atomic E-state index is 14.5. The Hall–Kier alpha value is -1.95. The molecule has 1 unspecified atom stereocenters. The Morgan fingerprint density at radius 1 is 1.03 bits per heavy atom. The second kappa shape index (κ2) is 11.9. The minimum Gasteiger partial charge on any atom is -0.259 e. The van der Waals surface area contributed by atoms with Gasteiger partial charge >= 0.3 is 6.18 Å². The Morgan fingerprint density at radius 2 is 1.69 bits per heavy atom. The first-order valence-corrected chi connectivity index (χ1v) is 15.4. The van der Waals surface area contributed by atoms with Gasteiger partial charge in [0.2, 0.25) is 7.01 Å². The van der Waals surface area contributed by atoms with Crippen molar-refractivity contribution in [2.24, 2.45) is 0 Å². The number of hydrogen-bond acceptors (Lipinski definition) is 3. The van der Waals surface area contributed by atoms with E-state index in [1.165, 1.54) is 45.5 Å². The topological polar surface area (TPSA) is 52.0 Å². The second-order valence-electron chi connectivity index (χ2n) is 8.35. The van der Waals surface area contributed by atoms with E-state index in [2.05, 4.69) is 5.10 Å². The summed E-state index contributed by atoms with van der Waals surface area (Å²) in [4.78, 5) is 0.0606. The molecule has 0 fully saturated rings. The monoisotopic (exact) mass is 622 g/mol. The molecule has 1 atom stereocenters. The van der Waals surface area contributed by atoms with Crippen molar-refractivity contribution in [2.45, 2.75) is 62.6 Å². The highest BCUT2D eigenvalue weighted by molar-refractivity contribution is 14.2. The first-order chi connectivity index (χ1) is 16.6. The van der Waals surface area contributed by atoms with Gasteiger partial charge in [-0.1, -0.05) is 55.8 Å². The van der Waals surface area contributed by atoms with E-state index in [1.807, 2.05) is 37.3 Å². The van der Waals surface area contributed by atoms with E-state index in [1.54, 1.807) is 0 Å². The molecule has 0 aliphatic heterocycles. The van der Waals surface area contributed by atoms with Crippen molar-refractivity contribution in [3.63, 3.8) is 0 Å². The number of aromatic nitrogens is 2. The van der Waals surface area contributed by atoms with Crippen LogP contribution in [-0.2, 0) is 26.2 Å². The van der Waals surface area contributed by atoms with E-state index >= 15 is 0 Å². The van der Waals surface area contributed by atoms with Crippen LogP contribution >= 0.6 is 21.2 Å². The molecule has 3 rings (SSSR count). The quantitative estimate of drug-likeness (QED) is 0.126. The molecule has 4 nitrogen and oxygen atoms in total. The predicted molar refractivity (Wildman–Crippen MR) is 137 cm³/mol. The van der Waals surface area contributed by atoms with Gasteiger partial charge in [-0.05, 0) is 49.3 Å². The molecular formula is C25H27F4IN2O2S. The Morgan fingerprint density at radius 3 is 2.23 bits per heavy atom. The zero-order chi connectivity index (χ0) is 25.6. The van der Waals surface area contributed by atoms with Crippen molar-refractivity contribution in [3.8, 4) is 11.3 Å². The second-order valence-corrected chi connectivity index (χ2v) is 13.2. The number of alkyl halides is 4. The molecule has 0 spiro atoms. The van der Waals surface area contributed by atoms with Crippen LogP contribution in [0.15, 0.2) is 59.5 Å². The third-order valence-electron chi connectivity index (χ3n) is 5.85. The van der Waals surface area contributed by atoms with Crippen LogP contribution in [0.2, 0.25) is 0 Å². The van der Waals surface area contributed by atoms with E-state index in [0.29, 0.717) is 24.8 Å². The van der Waals surface area contributed by atoms with Gasteiger partial charge in [-0.15, -0.1) is 0 Å². The van der Waals surface area contributed by atoms with E-state index in [9.17, 15) is 26.0 Å². The van der Waals surface area contributed by atoms with Crippen molar-refractivity contribution >= 4 is 28.2 Å². The van der Waals surface area contributed by atoms with Gasteiger partial charge in [0.05, 0.1) is 38.5 Å². The fourth-order valence-corrected chi connectivity index (χ4v) is 5.64. The lowest BCUT2D eigenvalue weighted by atomic mass is 9.86. The molecule has 0 radical (unpaired) electrons. The van der Waals surface area contributed by atoms with Crippen molar-refractivity contribution in [1.82, 2.24) is 9.78 Å². The van der Waals surface area contributed by atoms with Crippen LogP contribution in [0.25, 0.3) is 11.3 Å². The molecule has 0 saturated heterocycles. The average molecular weight is 622 g/mol. The molecule has 3 aromatic rings. The van der Waals surface area contributed by atoms with Crippen LogP contribution < -0.4 is 0 Å². The Kier molecular flexibility index (Phi) is 9.36. The highest BCUT2D eigenvalue weighted by atomic mass is 127. The number of rotatable bonds is 11. The summed E-state index contributed by atoms with van der Waals surface area (Å²) in [7, 11) is -3.49. The molecule has 0 saturated carbocycles. The first-order valence-electron chi connectivity index (χ1n) is 11.4. The summed E-state index contributed by atoms with van der Waals surface area (Å²) in [5.41, 5.74) is 0.699. The normalized spacial score (nSPS) is 13.2. The summed E-state index contributed by atoms with van der Waals surface area (Å²) < 4.78 is 81.2. The fraction of sp³-hybridized carbons (Fsp3) is 0.400. The van der Waals surface area contributed by atoms with Gasteiger partial charge in [0.25, 0.3) is 0 Å². The van der Waals surface area contributed by atoms with E-state index in [4.69, 9.17) is 0 Å². The smallest absolute Gasteiger partial charge is 0.259 e. The molecule has 1 heterocycles. The molecule has 1 aromatic heterocycles. The molecule has 2 aromatic carbocycles. The molecule has 190 valence electrons. The molecule has 0 aliphatic rings. The number of hydrogen-bond donors (Lipinski definition) is 0. The van der Waals surface area contributed by atoms with Gasteiger partial charge in [0, 0.05) is 17.7 Å². The average Bonchev–Trinajstić information content (AvgIpc) is 3.20. The van der Waals surface area contributed by atoms with Gasteiger partial charge in [0.15, 0.2) is 0 Å². The van der Waals surface area contributed by atoms with Gasteiger partial charge in [0.1, 0.15) is 5.69 Å². The third-order valence-corrected chi connectivity index (χ3v) is 8.21. The van der Waals surface area contributed by atoms with Crippen molar-refractivity contribution in [1.29, 1.82) is 0 Å². The summed E-state index contributed by atoms with van der Waals surface area (Å²) >= 11 is 1.32. The Balaban J connectivity index is 2.18. The molecule has 0 amide bonds. The molecule has 10 heteroatoms. The first kappa shape index (κ1) is 27.6. The summed E-state index contributed by atoms with van der Waals surface area (Å²) in [6.45, 7) is 1.30. The van der Waals surface area contributed by atoms with Gasteiger partial charge in [-0.25, -0.2) is 8.42 Å². The van der Waals surface area contributed by atoms with Gasteiger partial charge in [-0.2, -0.15) is 18.3 Å². The zero-order valence-electron chi connectivity index (χ0n) is 19.2. The number of halogens is 5. The summed E-state index contributed by atoms with van der Waals surface area (Å²) in [6.07, 6.45) is -2.78. The molecular weight excluding hydrogens is 595 g/mol. The molecule has 0 bridgehead atoms. The lowest BCUT2D eigenvalue weighted by molar-refractivity contribution is -0.145. The maximum Gasteiger partial charge on any atom is 0.433 e. The van der Waals surface area contributed by atoms with Crippen LogP contribution in [0.1, 0.15) is 55.3 Å². The number of benzene rings is 2. The lowest BCUT2D eigenvalue weighted by Gasteiger charge is -2.20. The Labute approximate surface area is 215 Å². The Bertz CT molecular complexity index is 1210. The standard InChI is InChI=1S/C25H27F4IN2O2S/c1-2-7-19(10-6-16-26)22-23(20-11-13-21(14-12-20)35(30,33)34)31-32(24(22)25(27,28)29)17-15-18-8-4-3-5-9-18/h3-5,8-9,11-14,19H,2,6-7,10,15-17H2,1H3. The van der Waals surface area contributed by atoms with E-state index in [-0.39, 0.29) is 35.5 Å². The highest BCUT2D eigenvalue weighted by Gasteiger charge is 2.42. The van der Waals surface area contributed by atoms with E-state index in [0.717, 1.165) is 10.2 Å². The summed E-state index contributed by atoms with van der Waals surface area (Å²) in [5.74, 6) is -0.527. The largest absolute Gasteiger partial charge is 0.433 e. The van der Waals surface area contributed by atoms with Crippen LogP contribution in [-0.4, -0.2) is 24.9 Å². The van der Waals surface area contributed by atoms with E-state index < -0.39 is 31.5 Å². The van der Waals surface area contributed by atoms with Crippen LogP contribution in [0.3, 0.4) is 0 Å². The number of nitrogens with zero attached hydrogens (tertiary/aromatic N) is 2. The fourth-order valence-electron chi connectivity index (χ4n) is 4.30. The number of aryl methyl sites for hydroxylation is 2. The molecule has 35 heavy (non-hydrogen) atoms. The SMILES string of the molecule is CCCC(CCCF)c1c(-c2ccc(S(=O)(=O)I)cc2)nn(CCc2ccccc2)c1C(F)(F)F. The van der Waals surface area contributed by atoms with Gasteiger partial charge < -0.3 is 0 Å². The van der Waals surface area contributed by atoms with Crippen molar-refractivity contribution in [2.75, 3.05) is 6.67 Å². The minimum atomic E-state index is -4.66. The summed E-state index contributed by atoms with van der Waals surface area (Å²) in [6, 6.07) is 14.9. The highest BCUT2D eigenvalue weighted by Crippen LogP contribution is 2.43. The summed E-state index contributed by atoms with van der Waals surface area (Å²) in [5, 5.41) is 4.42. The van der Waals surface area contributed by atoms with Crippen molar-refractivity contribution < 1.29 is 26.0 Å². The minimum absolute atomic E-state index is 0.0219.